The molecule has 4 rings (SSSR count). The predicted molar refractivity (Wildman–Crippen MR) is 118 cm³/mol. The number of halogens is 3. The van der Waals surface area contributed by atoms with Crippen molar-refractivity contribution >= 4 is 26.8 Å². The highest BCUT2D eigenvalue weighted by Crippen LogP contribution is 2.38. The summed E-state index contributed by atoms with van der Waals surface area (Å²) < 4.78 is 72.3. The van der Waals surface area contributed by atoms with E-state index in [9.17, 15) is 26.9 Å². The first-order valence-corrected chi connectivity index (χ1v) is 11.4. The maximum absolute atomic E-state index is 12.9. The van der Waals surface area contributed by atoms with Gasteiger partial charge in [-0.15, -0.1) is 0 Å². The Morgan fingerprint density at radius 2 is 1.94 bits per heavy atom. The van der Waals surface area contributed by atoms with Crippen LogP contribution in [0, 0.1) is 18.3 Å². The quantitative estimate of drug-likeness (QED) is 0.562. The second-order valence-corrected chi connectivity index (χ2v) is 9.27. The van der Waals surface area contributed by atoms with E-state index in [-0.39, 0.29) is 16.8 Å². The van der Waals surface area contributed by atoms with Gasteiger partial charge in [0.15, 0.2) is 0 Å². The molecule has 34 heavy (non-hydrogen) atoms. The number of ether oxygens (including phenoxy) is 1. The number of alkyl halides is 3. The maximum atomic E-state index is 12.9. The van der Waals surface area contributed by atoms with Crippen LogP contribution in [-0.2, 0) is 10.0 Å². The summed E-state index contributed by atoms with van der Waals surface area (Å²) in [6.07, 6.45) is 3.18. The molecule has 1 aliphatic rings. The zero-order valence-electron chi connectivity index (χ0n) is 18.2. The number of aryl methyl sites for hydroxylation is 1. The van der Waals surface area contributed by atoms with Crippen molar-refractivity contribution in [1.82, 2.24) is 19.3 Å². The minimum atomic E-state index is -4.74. The van der Waals surface area contributed by atoms with Crippen LogP contribution < -0.4 is 9.46 Å². The highest BCUT2D eigenvalue weighted by molar-refractivity contribution is 7.89. The van der Waals surface area contributed by atoms with E-state index >= 15 is 0 Å². The van der Waals surface area contributed by atoms with Gasteiger partial charge >= 0.3 is 6.18 Å². The van der Waals surface area contributed by atoms with E-state index in [1.165, 1.54) is 26.3 Å². The topological polar surface area (TPSA) is 110 Å². The second-order valence-electron chi connectivity index (χ2n) is 7.59. The first-order valence-electron chi connectivity index (χ1n) is 9.91. The van der Waals surface area contributed by atoms with E-state index < -0.39 is 27.1 Å². The predicted octanol–water partition coefficient (Wildman–Crippen LogP) is 3.93. The van der Waals surface area contributed by atoms with E-state index in [4.69, 9.17) is 4.74 Å². The zero-order chi connectivity index (χ0) is 24.8. The summed E-state index contributed by atoms with van der Waals surface area (Å²) >= 11 is 0. The number of fused-ring (bicyclic) bond motifs is 1. The molecule has 1 atom stereocenters. The number of nitrogens with zero attached hydrogens (tertiary/aromatic N) is 4. The monoisotopic (exact) mass is 489 g/mol. The molecular weight excluding hydrogens is 471 g/mol. The van der Waals surface area contributed by atoms with Crippen LogP contribution in [0.25, 0.3) is 28.1 Å². The summed E-state index contributed by atoms with van der Waals surface area (Å²) in [5.41, 5.74) is 2.24. The Bertz CT molecular complexity index is 1520. The van der Waals surface area contributed by atoms with Crippen LogP contribution >= 0.6 is 0 Å². The van der Waals surface area contributed by atoms with Gasteiger partial charge < -0.3 is 4.74 Å². The molecule has 0 aliphatic heterocycles. The Morgan fingerprint density at radius 3 is 2.47 bits per heavy atom. The fraction of sp³-hybridized carbons (Fsp3) is 0.227. The lowest BCUT2D eigenvalue weighted by molar-refractivity contribution is -0.147. The molecule has 0 saturated heterocycles. The molecule has 3 heterocycles. The number of hydrogen-bond donors (Lipinski definition) is 1. The molecule has 1 aliphatic carbocycles. The van der Waals surface area contributed by atoms with Gasteiger partial charge in [0.05, 0.1) is 30.3 Å². The van der Waals surface area contributed by atoms with Crippen molar-refractivity contribution in [2.45, 2.75) is 31.0 Å². The average molecular weight is 489 g/mol. The fourth-order valence-corrected chi connectivity index (χ4v) is 4.91. The number of sulfonamides is 1. The molecule has 0 amide bonds. The Labute approximate surface area is 193 Å². The number of rotatable bonds is 6. The van der Waals surface area contributed by atoms with Gasteiger partial charge in [0, 0.05) is 17.3 Å². The molecule has 0 radical (unpaired) electrons. The van der Waals surface area contributed by atoms with Crippen LogP contribution in [0.3, 0.4) is 0 Å². The summed E-state index contributed by atoms with van der Waals surface area (Å²) in [5, 5.41) is 10.5. The molecule has 0 spiro atoms. The SMILES string of the molecule is COc1cnc2c(c1)c(C#N)c(-c1cc(C)c(S(=O)(=O)NC(C)C(F)(F)F)cn1)n2C1=CC=C1. The van der Waals surface area contributed by atoms with Crippen LogP contribution in [0.1, 0.15) is 18.1 Å². The Morgan fingerprint density at radius 1 is 1.24 bits per heavy atom. The standard InChI is InChI=1S/C22H18F3N5O3S/c1-12-7-18(27-11-19(12)34(31,32)29-13(2)22(23,24)25)20-17(9-26)16-8-15(33-3)10-28-21(16)30(20)14-5-4-6-14/h4-8,10-11,13,29H,1-3H3. The molecule has 12 heteroatoms. The molecule has 0 saturated carbocycles. The molecule has 1 unspecified atom stereocenters. The van der Waals surface area contributed by atoms with Gasteiger partial charge in [-0.2, -0.15) is 23.2 Å². The fourth-order valence-electron chi connectivity index (χ4n) is 3.51. The smallest absolute Gasteiger partial charge is 0.404 e. The maximum Gasteiger partial charge on any atom is 0.404 e. The van der Waals surface area contributed by atoms with Crippen LogP contribution in [-0.4, -0.2) is 42.3 Å². The van der Waals surface area contributed by atoms with Gasteiger partial charge in [-0.1, -0.05) is 6.08 Å². The third-order valence-corrected chi connectivity index (χ3v) is 7.01. The lowest BCUT2D eigenvalue weighted by Gasteiger charge is -2.18. The summed E-state index contributed by atoms with van der Waals surface area (Å²) in [7, 11) is -3.02. The number of nitriles is 1. The van der Waals surface area contributed by atoms with Crippen molar-refractivity contribution in [1.29, 1.82) is 5.26 Å². The van der Waals surface area contributed by atoms with Crippen molar-refractivity contribution in [3.63, 3.8) is 0 Å². The number of methoxy groups -OCH3 is 1. The van der Waals surface area contributed by atoms with E-state index in [0.717, 1.165) is 11.9 Å². The number of allylic oxidation sites excluding steroid dienone is 4. The zero-order valence-corrected chi connectivity index (χ0v) is 19.0. The molecule has 0 fully saturated rings. The number of nitrogens with one attached hydrogen (secondary N) is 1. The lowest BCUT2D eigenvalue weighted by atomic mass is 10.1. The third kappa shape index (κ3) is 3.93. The molecule has 8 nitrogen and oxygen atoms in total. The Balaban J connectivity index is 1.88. The minimum absolute atomic E-state index is 0.163. The largest absolute Gasteiger partial charge is 0.495 e. The highest BCUT2D eigenvalue weighted by atomic mass is 32.2. The van der Waals surface area contributed by atoms with Crippen molar-refractivity contribution in [3.05, 3.63) is 53.9 Å². The summed E-state index contributed by atoms with van der Waals surface area (Å²) in [6, 6.07) is 2.96. The second kappa shape index (κ2) is 8.27. The summed E-state index contributed by atoms with van der Waals surface area (Å²) in [6.45, 7) is 2.16. The van der Waals surface area contributed by atoms with Crippen molar-refractivity contribution in [3.8, 4) is 23.2 Å². The molecular formula is C22H18F3N5O3S. The van der Waals surface area contributed by atoms with E-state index in [1.807, 2.05) is 18.2 Å². The molecule has 0 bridgehead atoms. The first kappa shape index (κ1) is 23.5. The van der Waals surface area contributed by atoms with Gasteiger partial charge in [0.1, 0.15) is 28.4 Å². The van der Waals surface area contributed by atoms with E-state index in [1.54, 1.807) is 15.4 Å². The molecule has 3 aromatic heterocycles. The Kier molecular flexibility index (Phi) is 5.71. The number of hydrogen-bond acceptors (Lipinski definition) is 6. The highest BCUT2D eigenvalue weighted by Gasteiger charge is 2.39. The molecule has 176 valence electrons. The van der Waals surface area contributed by atoms with Crippen LogP contribution in [0.15, 0.2) is 47.6 Å². The van der Waals surface area contributed by atoms with E-state index in [2.05, 4.69) is 16.0 Å². The first-order chi connectivity index (χ1) is 16.0. The van der Waals surface area contributed by atoms with E-state index in [0.29, 0.717) is 29.4 Å². The van der Waals surface area contributed by atoms with Gasteiger partial charge in [0.25, 0.3) is 0 Å². The van der Waals surface area contributed by atoms with Crippen LogP contribution in [0.4, 0.5) is 13.2 Å². The molecule has 1 N–H and O–H groups in total. The summed E-state index contributed by atoms with van der Waals surface area (Å²) in [5.74, 6) is 0.446. The van der Waals surface area contributed by atoms with Crippen molar-refractivity contribution < 1.29 is 26.3 Å². The number of aromatic nitrogens is 3. The van der Waals surface area contributed by atoms with Gasteiger partial charge in [-0.05, 0) is 43.7 Å². The van der Waals surface area contributed by atoms with Gasteiger partial charge in [-0.3, -0.25) is 9.55 Å². The molecule has 3 aromatic rings. The number of pyridine rings is 2. The average Bonchev–Trinajstić information content (AvgIpc) is 3.04. The van der Waals surface area contributed by atoms with Gasteiger partial charge in [0.2, 0.25) is 10.0 Å². The molecule has 0 aromatic carbocycles. The normalized spacial score (nSPS) is 14.4. The van der Waals surface area contributed by atoms with Crippen molar-refractivity contribution in [2.24, 2.45) is 0 Å². The van der Waals surface area contributed by atoms with Gasteiger partial charge in [-0.25, -0.2) is 13.4 Å². The van der Waals surface area contributed by atoms with Crippen LogP contribution in [0.5, 0.6) is 5.75 Å². The van der Waals surface area contributed by atoms with Crippen molar-refractivity contribution in [2.75, 3.05) is 7.11 Å². The lowest BCUT2D eigenvalue weighted by Crippen LogP contribution is -2.43. The minimum Gasteiger partial charge on any atom is -0.495 e. The summed E-state index contributed by atoms with van der Waals surface area (Å²) in [4.78, 5) is 8.23. The third-order valence-electron chi connectivity index (χ3n) is 5.34. The van der Waals surface area contributed by atoms with Crippen LogP contribution in [0.2, 0.25) is 0 Å². The Hall–Kier alpha value is -3.69.